The van der Waals surface area contributed by atoms with Crippen molar-refractivity contribution >= 4 is 51.7 Å². The maximum Gasteiger partial charge on any atom is 0.267 e. The van der Waals surface area contributed by atoms with Gasteiger partial charge in [-0.25, -0.2) is 4.98 Å². The fourth-order valence-electron chi connectivity index (χ4n) is 4.47. The molecule has 0 N–H and O–H groups in total. The first-order valence-electron chi connectivity index (χ1n) is 11.7. The SMILES string of the molecule is O=C1/C(=C\c2c(N3CCCCC3)nc3ccccn3c2=O)SC(=S)N1CCCc1ccccc1. The van der Waals surface area contributed by atoms with E-state index in [0.717, 1.165) is 38.8 Å². The predicted octanol–water partition coefficient (Wildman–Crippen LogP) is 4.52. The first kappa shape index (κ1) is 22.8. The molecule has 0 saturated carbocycles. The zero-order valence-corrected chi connectivity index (χ0v) is 20.5. The maximum atomic E-state index is 13.5. The Morgan fingerprint density at radius 2 is 1.76 bits per heavy atom. The molecule has 2 fully saturated rings. The van der Waals surface area contributed by atoms with E-state index in [0.29, 0.717) is 32.8 Å². The molecule has 2 aromatic heterocycles. The third-order valence-electron chi connectivity index (χ3n) is 6.24. The van der Waals surface area contributed by atoms with Crippen LogP contribution < -0.4 is 10.5 Å². The third kappa shape index (κ3) is 4.65. The molecule has 4 heterocycles. The number of carbonyl (C=O) groups excluding carboxylic acids is 1. The zero-order chi connectivity index (χ0) is 23.5. The fraction of sp³-hybridized carbons (Fsp3) is 0.308. The molecule has 6 nitrogen and oxygen atoms in total. The summed E-state index contributed by atoms with van der Waals surface area (Å²) in [5.74, 6) is 0.524. The number of rotatable bonds is 6. The molecule has 0 spiro atoms. The number of aromatic nitrogens is 2. The van der Waals surface area contributed by atoms with E-state index < -0.39 is 0 Å². The summed E-state index contributed by atoms with van der Waals surface area (Å²) >= 11 is 6.79. The van der Waals surface area contributed by atoms with Crippen LogP contribution in [-0.2, 0) is 11.2 Å². The standard InChI is InChI=1S/C26H26N4O2S2/c31-24-20(23(28-14-6-2-7-15-28)27-22-13-5-8-16-29(22)24)18-21-25(32)30(26(33)34-21)17-9-12-19-10-3-1-4-11-19/h1,3-5,8,10-11,13,16,18H,2,6-7,9,12,14-15,17H2/b21-18+. The largest absolute Gasteiger partial charge is 0.356 e. The van der Waals surface area contributed by atoms with Crippen LogP contribution in [0.2, 0.25) is 0 Å². The second-order valence-corrected chi connectivity index (χ2v) is 10.2. The smallest absolute Gasteiger partial charge is 0.267 e. The van der Waals surface area contributed by atoms with E-state index in [-0.39, 0.29) is 11.5 Å². The molecular formula is C26H26N4O2S2. The summed E-state index contributed by atoms with van der Waals surface area (Å²) in [5.41, 5.74) is 2.14. The van der Waals surface area contributed by atoms with E-state index >= 15 is 0 Å². The number of hydrogen-bond donors (Lipinski definition) is 0. The lowest BCUT2D eigenvalue weighted by Gasteiger charge is -2.29. The molecule has 34 heavy (non-hydrogen) atoms. The Balaban J connectivity index is 1.44. The monoisotopic (exact) mass is 490 g/mol. The highest BCUT2D eigenvalue weighted by atomic mass is 32.2. The van der Waals surface area contributed by atoms with Gasteiger partial charge in [0.25, 0.3) is 11.5 Å². The number of hydrogen-bond acceptors (Lipinski definition) is 6. The van der Waals surface area contributed by atoms with Crippen LogP contribution >= 0.6 is 24.0 Å². The summed E-state index contributed by atoms with van der Waals surface area (Å²) < 4.78 is 2.08. The first-order chi connectivity index (χ1) is 16.6. The average Bonchev–Trinajstić information content (AvgIpc) is 3.14. The number of carbonyl (C=O) groups is 1. The Labute approximate surface area is 208 Å². The van der Waals surface area contributed by atoms with Crippen molar-refractivity contribution in [1.82, 2.24) is 14.3 Å². The Kier molecular flexibility index (Phi) is 6.78. The van der Waals surface area contributed by atoms with Gasteiger partial charge in [0.05, 0.1) is 10.5 Å². The normalized spacial score (nSPS) is 17.8. The number of fused-ring (bicyclic) bond motifs is 1. The van der Waals surface area contributed by atoms with Crippen molar-refractivity contribution in [2.24, 2.45) is 0 Å². The molecule has 1 aromatic carbocycles. The Bertz CT molecular complexity index is 1310. The van der Waals surface area contributed by atoms with Crippen molar-refractivity contribution in [1.29, 1.82) is 0 Å². The van der Waals surface area contributed by atoms with Gasteiger partial charge in [-0.2, -0.15) is 0 Å². The summed E-state index contributed by atoms with van der Waals surface area (Å²) in [6.45, 7) is 2.28. The lowest BCUT2D eigenvalue weighted by molar-refractivity contribution is -0.122. The minimum atomic E-state index is -0.166. The van der Waals surface area contributed by atoms with Gasteiger partial charge < -0.3 is 4.90 Å². The van der Waals surface area contributed by atoms with Gasteiger partial charge in [0.2, 0.25) is 0 Å². The van der Waals surface area contributed by atoms with Gasteiger partial charge in [-0.3, -0.25) is 18.9 Å². The van der Waals surface area contributed by atoms with Crippen LogP contribution in [0.1, 0.15) is 36.8 Å². The van der Waals surface area contributed by atoms with Gasteiger partial charge in [0.1, 0.15) is 15.8 Å². The molecular weight excluding hydrogens is 464 g/mol. The number of anilines is 1. The molecule has 2 saturated heterocycles. The zero-order valence-electron chi connectivity index (χ0n) is 18.9. The highest BCUT2D eigenvalue weighted by Crippen LogP contribution is 2.34. The summed E-state index contributed by atoms with van der Waals surface area (Å²) in [6.07, 6.45) is 8.44. The van der Waals surface area contributed by atoms with Crippen LogP contribution in [0.25, 0.3) is 11.7 Å². The average molecular weight is 491 g/mol. The van der Waals surface area contributed by atoms with E-state index in [2.05, 4.69) is 17.0 Å². The first-order valence-corrected chi connectivity index (χ1v) is 12.9. The second kappa shape index (κ2) is 10.1. The Morgan fingerprint density at radius 1 is 1.00 bits per heavy atom. The summed E-state index contributed by atoms with van der Waals surface area (Å²) in [6, 6.07) is 15.7. The van der Waals surface area contributed by atoms with Crippen LogP contribution in [0.3, 0.4) is 0 Å². The number of amides is 1. The molecule has 5 rings (SSSR count). The van der Waals surface area contributed by atoms with Crippen molar-refractivity contribution in [3.8, 4) is 0 Å². The van der Waals surface area contributed by atoms with E-state index in [1.165, 1.54) is 23.7 Å². The van der Waals surface area contributed by atoms with Crippen LogP contribution in [0.15, 0.2) is 64.4 Å². The second-order valence-electron chi connectivity index (χ2n) is 8.55. The molecule has 0 atom stereocenters. The van der Waals surface area contributed by atoms with Gasteiger partial charge in [-0.05, 0) is 55.9 Å². The van der Waals surface area contributed by atoms with Crippen LogP contribution in [0, 0.1) is 0 Å². The lowest BCUT2D eigenvalue weighted by Crippen LogP contribution is -2.33. The minimum absolute atomic E-state index is 0.134. The van der Waals surface area contributed by atoms with E-state index in [4.69, 9.17) is 17.2 Å². The Morgan fingerprint density at radius 3 is 2.56 bits per heavy atom. The summed E-state index contributed by atoms with van der Waals surface area (Å²) in [7, 11) is 0. The molecule has 0 radical (unpaired) electrons. The molecule has 2 aliphatic rings. The van der Waals surface area contributed by atoms with Crippen molar-refractivity contribution < 1.29 is 4.79 Å². The maximum absolute atomic E-state index is 13.5. The van der Waals surface area contributed by atoms with Crippen molar-refractivity contribution in [3.05, 3.63) is 81.1 Å². The lowest BCUT2D eigenvalue weighted by atomic mass is 10.1. The number of pyridine rings is 1. The third-order valence-corrected chi connectivity index (χ3v) is 7.62. The molecule has 2 aliphatic heterocycles. The highest BCUT2D eigenvalue weighted by Gasteiger charge is 2.32. The predicted molar refractivity (Wildman–Crippen MR) is 142 cm³/mol. The highest BCUT2D eigenvalue weighted by molar-refractivity contribution is 8.26. The van der Waals surface area contributed by atoms with Crippen LogP contribution in [0.4, 0.5) is 5.82 Å². The number of benzene rings is 1. The van der Waals surface area contributed by atoms with Gasteiger partial charge in [0, 0.05) is 25.8 Å². The summed E-state index contributed by atoms with van der Waals surface area (Å²) in [4.78, 5) is 35.8. The molecule has 0 unspecified atom stereocenters. The summed E-state index contributed by atoms with van der Waals surface area (Å²) in [5, 5.41) is 0. The fourth-order valence-corrected chi connectivity index (χ4v) is 5.76. The van der Waals surface area contributed by atoms with Crippen molar-refractivity contribution in [3.63, 3.8) is 0 Å². The van der Waals surface area contributed by atoms with E-state index in [1.54, 1.807) is 21.6 Å². The van der Waals surface area contributed by atoms with E-state index in [1.807, 2.05) is 36.4 Å². The van der Waals surface area contributed by atoms with Crippen LogP contribution in [0.5, 0.6) is 0 Å². The number of aryl methyl sites for hydroxylation is 1. The molecule has 3 aromatic rings. The van der Waals surface area contributed by atoms with Crippen molar-refractivity contribution in [2.45, 2.75) is 32.1 Å². The topological polar surface area (TPSA) is 57.9 Å². The van der Waals surface area contributed by atoms with E-state index in [9.17, 15) is 9.59 Å². The minimum Gasteiger partial charge on any atom is -0.356 e. The van der Waals surface area contributed by atoms with Gasteiger partial charge in [-0.15, -0.1) is 0 Å². The number of nitrogens with zero attached hydrogens (tertiary/aromatic N) is 4. The molecule has 0 bridgehead atoms. The number of thioether (sulfide) groups is 1. The number of piperidine rings is 1. The molecule has 1 amide bonds. The van der Waals surface area contributed by atoms with Gasteiger partial charge in [-0.1, -0.05) is 60.4 Å². The molecule has 8 heteroatoms. The van der Waals surface area contributed by atoms with Gasteiger partial charge in [0.15, 0.2) is 0 Å². The quantitative estimate of drug-likeness (QED) is 0.374. The number of thiocarbonyl (C=S) groups is 1. The Hall–Kier alpha value is -2.97. The van der Waals surface area contributed by atoms with Crippen LogP contribution in [-0.4, -0.2) is 44.1 Å². The molecule has 0 aliphatic carbocycles. The molecule has 174 valence electrons. The van der Waals surface area contributed by atoms with Gasteiger partial charge >= 0.3 is 0 Å². The van der Waals surface area contributed by atoms with Crippen molar-refractivity contribution in [2.75, 3.05) is 24.5 Å².